The van der Waals surface area contributed by atoms with Crippen molar-refractivity contribution in [2.45, 2.75) is 0 Å². The Kier molecular flexibility index (Phi) is 2.32. The second kappa shape index (κ2) is 3.51. The van der Waals surface area contributed by atoms with Crippen LogP contribution in [-0.2, 0) is 0 Å². The molecule has 2 rings (SSSR count). The molecule has 0 amide bonds. The van der Waals surface area contributed by atoms with E-state index in [0.29, 0.717) is 27.2 Å². The summed E-state index contributed by atoms with van der Waals surface area (Å²) in [6.45, 7) is 0. The van der Waals surface area contributed by atoms with E-state index in [1.165, 1.54) is 6.20 Å². The first kappa shape index (κ1) is 9.92. The van der Waals surface area contributed by atoms with Gasteiger partial charge < -0.3 is 5.11 Å². The fourth-order valence-electron chi connectivity index (χ4n) is 1.52. The predicted molar refractivity (Wildman–Crippen MR) is 58.4 cm³/mol. The zero-order valence-electron chi connectivity index (χ0n) is 7.48. The number of carboxylic acid groups (broad SMARTS) is 1. The van der Waals surface area contributed by atoms with E-state index in [4.69, 9.17) is 5.11 Å². The molecule has 15 heavy (non-hydrogen) atoms. The van der Waals surface area contributed by atoms with Crippen LogP contribution >= 0.6 is 15.9 Å². The number of carbonyl (C=O) groups excluding carboxylic acids is 1. The van der Waals surface area contributed by atoms with Crippen LogP contribution < -0.4 is 0 Å². The number of aldehydes is 1. The third kappa shape index (κ3) is 1.45. The first-order valence-electron chi connectivity index (χ1n) is 4.13. The van der Waals surface area contributed by atoms with Gasteiger partial charge in [-0.05, 0) is 12.1 Å². The van der Waals surface area contributed by atoms with Crippen molar-refractivity contribution in [2.24, 2.45) is 0 Å². The molecule has 2 aromatic rings. The zero-order chi connectivity index (χ0) is 11.0. The molecule has 0 bridgehead atoms. The topological polar surface area (TPSA) is 59.3 Å². The van der Waals surface area contributed by atoms with Crippen LogP contribution in [0.2, 0.25) is 0 Å². The van der Waals surface area contributed by atoms with Gasteiger partial charge >= 0.3 is 6.09 Å². The molecule has 0 saturated heterocycles. The summed E-state index contributed by atoms with van der Waals surface area (Å²) in [5, 5.41) is 9.53. The van der Waals surface area contributed by atoms with E-state index in [1.807, 2.05) is 0 Å². The van der Waals surface area contributed by atoms with Gasteiger partial charge in [-0.1, -0.05) is 22.0 Å². The van der Waals surface area contributed by atoms with Crippen molar-refractivity contribution in [3.05, 3.63) is 34.4 Å². The highest BCUT2D eigenvalue weighted by molar-refractivity contribution is 9.10. The molecular weight excluding hydrogens is 262 g/mol. The molecule has 1 aromatic carbocycles. The van der Waals surface area contributed by atoms with Gasteiger partial charge in [0, 0.05) is 21.6 Å². The van der Waals surface area contributed by atoms with Gasteiger partial charge in [0.2, 0.25) is 0 Å². The van der Waals surface area contributed by atoms with E-state index >= 15 is 0 Å². The van der Waals surface area contributed by atoms with E-state index < -0.39 is 6.09 Å². The number of fused-ring (bicyclic) bond motifs is 1. The summed E-state index contributed by atoms with van der Waals surface area (Å²) >= 11 is 3.29. The number of carbonyl (C=O) groups is 2. The fourth-order valence-corrected chi connectivity index (χ4v) is 2.10. The molecule has 76 valence electrons. The first-order valence-corrected chi connectivity index (χ1v) is 4.92. The molecule has 0 aliphatic heterocycles. The van der Waals surface area contributed by atoms with E-state index in [2.05, 4.69) is 15.9 Å². The highest BCUT2D eigenvalue weighted by Crippen LogP contribution is 2.27. The van der Waals surface area contributed by atoms with Gasteiger partial charge in [-0.25, -0.2) is 4.79 Å². The summed E-state index contributed by atoms with van der Waals surface area (Å²) in [5.74, 6) is 0. The second-order valence-corrected chi connectivity index (χ2v) is 3.84. The van der Waals surface area contributed by atoms with Crippen LogP contribution in [0.5, 0.6) is 0 Å². The Balaban J connectivity index is 2.93. The smallest absolute Gasteiger partial charge is 0.416 e. The Morgan fingerprint density at radius 1 is 1.47 bits per heavy atom. The number of benzene rings is 1. The fraction of sp³-hybridized carbons (Fsp3) is 0. The van der Waals surface area contributed by atoms with Crippen molar-refractivity contribution >= 4 is 39.2 Å². The molecular formula is C10H6BrNO3. The van der Waals surface area contributed by atoms with Crippen molar-refractivity contribution < 1.29 is 14.7 Å². The molecule has 0 fully saturated rings. The number of hydrogen-bond acceptors (Lipinski definition) is 2. The number of rotatable bonds is 1. The van der Waals surface area contributed by atoms with Gasteiger partial charge in [0.05, 0.1) is 5.52 Å². The summed E-state index contributed by atoms with van der Waals surface area (Å²) in [7, 11) is 0. The Labute approximate surface area is 93.2 Å². The molecule has 1 aromatic heterocycles. The highest BCUT2D eigenvalue weighted by atomic mass is 79.9. The molecule has 1 N–H and O–H groups in total. The monoisotopic (exact) mass is 267 g/mol. The minimum atomic E-state index is -1.11. The number of halogens is 1. The minimum Gasteiger partial charge on any atom is -0.464 e. The van der Waals surface area contributed by atoms with Crippen LogP contribution in [-0.4, -0.2) is 22.1 Å². The molecule has 0 spiro atoms. The summed E-state index contributed by atoms with van der Waals surface area (Å²) in [6.07, 6.45) is 0.850. The first-order chi connectivity index (χ1) is 7.15. The summed E-state index contributed by atoms with van der Waals surface area (Å²) in [4.78, 5) is 21.7. The molecule has 0 aliphatic rings. The lowest BCUT2D eigenvalue weighted by Crippen LogP contribution is -2.05. The summed E-state index contributed by atoms with van der Waals surface area (Å²) in [6, 6.07) is 5.14. The molecule has 0 atom stereocenters. The van der Waals surface area contributed by atoms with Crippen molar-refractivity contribution in [1.29, 1.82) is 0 Å². The quantitative estimate of drug-likeness (QED) is 0.809. The van der Waals surface area contributed by atoms with Gasteiger partial charge in [0.15, 0.2) is 6.29 Å². The minimum absolute atomic E-state index is 0.361. The van der Waals surface area contributed by atoms with Crippen LogP contribution in [0.3, 0.4) is 0 Å². The maximum Gasteiger partial charge on any atom is 0.416 e. The Morgan fingerprint density at radius 3 is 2.80 bits per heavy atom. The molecule has 5 heteroatoms. The lowest BCUT2D eigenvalue weighted by molar-refractivity contribution is 0.112. The Morgan fingerprint density at radius 2 is 2.20 bits per heavy atom. The van der Waals surface area contributed by atoms with E-state index in [0.717, 1.165) is 4.57 Å². The van der Waals surface area contributed by atoms with E-state index in [1.54, 1.807) is 18.2 Å². The third-order valence-corrected chi connectivity index (χ3v) is 2.80. The molecule has 0 saturated carbocycles. The summed E-state index contributed by atoms with van der Waals surface area (Å²) < 4.78 is 1.74. The van der Waals surface area contributed by atoms with Gasteiger partial charge in [-0.15, -0.1) is 0 Å². The normalized spacial score (nSPS) is 10.5. The van der Waals surface area contributed by atoms with Crippen LogP contribution in [0.15, 0.2) is 28.9 Å². The van der Waals surface area contributed by atoms with E-state index in [-0.39, 0.29) is 0 Å². The predicted octanol–water partition coefficient (Wildman–Crippen LogP) is 2.74. The molecule has 4 nitrogen and oxygen atoms in total. The lowest BCUT2D eigenvalue weighted by atomic mass is 10.2. The van der Waals surface area contributed by atoms with E-state index in [9.17, 15) is 9.59 Å². The molecule has 0 radical (unpaired) electrons. The number of aromatic nitrogens is 1. The maximum atomic E-state index is 10.9. The largest absolute Gasteiger partial charge is 0.464 e. The van der Waals surface area contributed by atoms with Crippen LogP contribution in [0.25, 0.3) is 10.9 Å². The van der Waals surface area contributed by atoms with Gasteiger partial charge in [0.1, 0.15) is 0 Å². The van der Waals surface area contributed by atoms with Crippen molar-refractivity contribution in [1.82, 2.24) is 4.57 Å². The highest BCUT2D eigenvalue weighted by Gasteiger charge is 2.13. The third-order valence-electron chi connectivity index (χ3n) is 2.14. The number of nitrogens with zero attached hydrogens (tertiary/aromatic N) is 1. The van der Waals surface area contributed by atoms with Crippen LogP contribution in [0.4, 0.5) is 4.79 Å². The van der Waals surface area contributed by atoms with Gasteiger partial charge in [-0.2, -0.15) is 0 Å². The number of hydrogen-bond donors (Lipinski definition) is 1. The Hall–Kier alpha value is -1.62. The summed E-state index contributed by atoms with van der Waals surface area (Å²) in [5.41, 5.74) is 0.860. The van der Waals surface area contributed by atoms with Crippen molar-refractivity contribution in [3.8, 4) is 0 Å². The molecule has 0 unspecified atom stereocenters. The Bertz CT molecular complexity index is 559. The van der Waals surface area contributed by atoms with Crippen LogP contribution in [0, 0.1) is 0 Å². The maximum absolute atomic E-state index is 10.9. The van der Waals surface area contributed by atoms with Gasteiger partial charge in [-0.3, -0.25) is 9.36 Å². The van der Waals surface area contributed by atoms with Crippen LogP contribution in [0.1, 0.15) is 10.4 Å². The van der Waals surface area contributed by atoms with Gasteiger partial charge in [0.25, 0.3) is 0 Å². The second-order valence-electron chi connectivity index (χ2n) is 2.99. The average molecular weight is 268 g/mol. The SMILES string of the molecule is O=Cc1cn(C(=O)O)c2cccc(Br)c12. The van der Waals surface area contributed by atoms with Crippen molar-refractivity contribution in [2.75, 3.05) is 0 Å². The molecule has 1 heterocycles. The van der Waals surface area contributed by atoms with Crippen molar-refractivity contribution in [3.63, 3.8) is 0 Å². The standard InChI is InChI=1S/C10H6BrNO3/c11-7-2-1-3-8-9(7)6(5-13)4-12(8)10(14)15/h1-5H,(H,14,15). The average Bonchev–Trinajstić information content (AvgIpc) is 2.58. The molecule has 0 aliphatic carbocycles. The lowest BCUT2D eigenvalue weighted by Gasteiger charge is -1.97. The zero-order valence-corrected chi connectivity index (χ0v) is 9.06.